The van der Waals surface area contributed by atoms with E-state index in [-0.39, 0.29) is 5.56 Å². The Bertz CT molecular complexity index is 519. The van der Waals surface area contributed by atoms with Gasteiger partial charge in [-0.3, -0.25) is 4.90 Å². The largest absolute Gasteiger partial charge is 0.478 e. The fraction of sp³-hybridized carbons (Fsp3) is 0.643. The summed E-state index contributed by atoms with van der Waals surface area (Å²) in [5.74, 6) is -0.436. The number of carboxylic acid groups (broad SMARTS) is 1. The average molecular weight is 294 g/mol. The van der Waals surface area contributed by atoms with Gasteiger partial charge in [-0.25, -0.2) is 14.8 Å². The minimum Gasteiger partial charge on any atom is -0.478 e. The van der Waals surface area contributed by atoms with E-state index in [1.807, 2.05) is 4.90 Å². The number of hydrogen-bond acceptors (Lipinski definition) is 6. The number of hydrogen-bond donors (Lipinski definition) is 2. The molecule has 1 fully saturated rings. The lowest BCUT2D eigenvalue weighted by Crippen LogP contribution is -2.51. The highest BCUT2D eigenvalue weighted by Gasteiger charge is 2.24. The van der Waals surface area contributed by atoms with Crippen LogP contribution in [0.15, 0.2) is 6.20 Å². The molecular formula is C14H22N4O3. The van der Waals surface area contributed by atoms with Gasteiger partial charge in [0.2, 0.25) is 5.95 Å². The van der Waals surface area contributed by atoms with Gasteiger partial charge in [-0.15, -0.1) is 0 Å². The molecule has 0 aliphatic carbocycles. The summed E-state index contributed by atoms with van der Waals surface area (Å²) in [7, 11) is 0. The number of β-amino-alcohol motifs (C(OH)–C–C–N with tert-alkyl or cyclic N) is 1. The van der Waals surface area contributed by atoms with Crippen molar-refractivity contribution in [2.24, 2.45) is 0 Å². The van der Waals surface area contributed by atoms with Crippen molar-refractivity contribution >= 4 is 11.9 Å². The maximum absolute atomic E-state index is 11.0. The van der Waals surface area contributed by atoms with Gasteiger partial charge in [-0.2, -0.15) is 0 Å². The van der Waals surface area contributed by atoms with E-state index >= 15 is 0 Å². The lowest BCUT2D eigenvalue weighted by Gasteiger charge is -2.37. The van der Waals surface area contributed by atoms with Crippen molar-refractivity contribution in [2.75, 3.05) is 37.6 Å². The molecule has 1 saturated heterocycles. The maximum atomic E-state index is 11.0. The number of carbonyl (C=O) groups is 1. The molecule has 0 saturated carbocycles. The SMILES string of the molecule is Cc1nc(N2CCN(CC(C)(C)O)CC2)ncc1C(=O)O. The maximum Gasteiger partial charge on any atom is 0.339 e. The predicted molar refractivity (Wildman–Crippen MR) is 78.7 cm³/mol. The topological polar surface area (TPSA) is 89.8 Å². The van der Waals surface area contributed by atoms with Crippen molar-refractivity contribution in [3.05, 3.63) is 17.5 Å². The van der Waals surface area contributed by atoms with Gasteiger partial charge in [0.15, 0.2) is 0 Å². The fourth-order valence-corrected chi connectivity index (χ4v) is 2.47. The van der Waals surface area contributed by atoms with Crippen molar-refractivity contribution in [1.29, 1.82) is 0 Å². The predicted octanol–water partition coefficient (Wildman–Crippen LogP) is 0.376. The second-order valence-corrected chi connectivity index (χ2v) is 6.05. The second-order valence-electron chi connectivity index (χ2n) is 6.05. The first-order chi connectivity index (χ1) is 9.76. The molecule has 1 aliphatic rings. The molecule has 0 bridgehead atoms. The standard InChI is InChI=1S/C14H22N4O3/c1-10-11(12(19)20)8-15-13(16-10)18-6-4-17(5-7-18)9-14(2,3)21/h8,21H,4-7,9H2,1-3H3,(H,19,20). The highest BCUT2D eigenvalue weighted by molar-refractivity contribution is 5.88. The van der Waals surface area contributed by atoms with E-state index in [0.29, 0.717) is 18.2 Å². The number of aryl methyl sites for hydroxylation is 1. The fourth-order valence-electron chi connectivity index (χ4n) is 2.47. The summed E-state index contributed by atoms with van der Waals surface area (Å²) in [6, 6.07) is 0. The van der Waals surface area contributed by atoms with E-state index in [1.54, 1.807) is 20.8 Å². The molecule has 1 aliphatic heterocycles. The van der Waals surface area contributed by atoms with Crippen LogP contribution in [0.5, 0.6) is 0 Å². The zero-order chi connectivity index (χ0) is 15.6. The molecule has 0 unspecified atom stereocenters. The molecule has 0 amide bonds. The third-order valence-electron chi connectivity index (χ3n) is 3.46. The van der Waals surface area contributed by atoms with E-state index in [2.05, 4.69) is 14.9 Å². The Hall–Kier alpha value is -1.73. The van der Waals surface area contributed by atoms with Crippen LogP contribution in [0.2, 0.25) is 0 Å². The third kappa shape index (κ3) is 4.12. The van der Waals surface area contributed by atoms with Gasteiger partial charge < -0.3 is 15.1 Å². The van der Waals surface area contributed by atoms with Gasteiger partial charge in [-0.05, 0) is 20.8 Å². The van der Waals surface area contributed by atoms with Crippen molar-refractivity contribution in [2.45, 2.75) is 26.4 Å². The molecule has 0 atom stereocenters. The Kier molecular flexibility index (Phi) is 4.43. The average Bonchev–Trinajstić information content (AvgIpc) is 2.37. The van der Waals surface area contributed by atoms with Crippen LogP contribution in [-0.4, -0.2) is 69.4 Å². The Labute approximate surface area is 124 Å². The molecule has 1 aromatic heterocycles. The van der Waals surface area contributed by atoms with Crippen LogP contribution in [0, 0.1) is 6.92 Å². The van der Waals surface area contributed by atoms with Gasteiger partial charge >= 0.3 is 5.97 Å². The lowest BCUT2D eigenvalue weighted by molar-refractivity contribution is 0.0344. The minimum absolute atomic E-state index is 0.138. The van der Waals surface area contributed by atoms with Crippen molar-refractivity contribution in [3.8, 4) is 0 Å². The van der Waals surface area contributed by atoms with Gasteiger partial charge in [0.25, 0.3) is 0 Å². The second kappa shape index (κ2) is 5.95. The van der Waals surface area contributed by atoms with E-state index in [9.17, 15) is 9.90 Å². The van der Waals surface area contributed by atoms with Crippen LogP contribution in [0.1, 0.15) is 29.9 Å². The molecule has 2 N–H and O–H groups in total. The number of carboxylic acids is 1. The number of aliphatic hydroxyl groups is 1. The van der Waals surface area contributed by atoms with Crippen LogP contribution in [-0.2, 0) is 0 Å². The summed E-state index contributed by atoms with van der Waals surface area (Å²) in [6.07, 6.45) is 1.36. The normalized spacial score (nSPS) is 17.0. The highest BCUT2D eigenvalue weighted by Crippen LogP contribution is 2.15. The summed E-state index contributed by atoms with van der Waals surface area (Å²) >= 11 is 0. The van der Waals surface area contributed by atoms with Crippen molar-refractivity contribution < 1.29 is 15.0 Å². The number of piperazine rings is 1. The summed E-state index contributed by atoms with van der Waals surface area (Å²) in [6.45, 7) is 9.11. The lowest BCUT2D eigenvalue weighted by atomic mass is 10.1. The molecule has 7 heteroatoms. The summed E-state index contributed by atoms with van der Waals surface area (Å²) in [5, 5.41) is 18.8. The Balaban J connectivity index is 1.99. The molecule has 1 aromatic rings. The monoisotopic (exact) mass is 294 g/mol. The summed E-state index contributed by atoms with van der Waals surface area (Å²) in [5.41, 5.74) is -0.0795. The number of nitrogens with zero attached hydrogens (tertiary/aromatic N) is 4. The molecule has 2 heterocycles. The molecule has 7 nitrogen and oxygen atoms in total. The van der Waals surface area contributed by atoms with E-state index in [0.717, 1.165) is 26.2 Å². The van der Waals surface area contributed by atoms with Gasteiger partial charge in [-0.1, -0.05) is 0 Å². The Morgan fingerprint density at radius 2 is 1.95 bits per heavy atom. The highest BCUT2D eigenvalue weighted by atomic mass is 16.4. The molecule has 0 aromatic carbocycles. The van der Waals surface area contributed by atoms with Crippen LogP contribution in [0.3, 0.4) is 0 Å². The Morgan fingerprint density at radius 3 is 2.43 bits per heavy atom. The quantitative estimate of drug-likeness (QED) is 0.829. The zero-order valence-electron chi connectivity index (χ0n) is 12.7. The molecule has 21 heavy (non-hydrogen) atoms. The number of anilines is 1. The van der Waals surface area contributed by atoms with Gasteiger partial charge in [0.1, 0.15) is 0 Å². The third-order valence-corrected chi connectivity index (χ3v) is 3.46. The van der Waals surface area contributed by atoms with Crippen LogP contribution in [0.25, 0.3) is 0 Å². The summed E-state index contributed by atoms with van der Waals surface area (Å²) in [4.78, 5) is 23.6. The molecule has 0 spiro atoms. The van der Waals surface area contributed by atoms with Gasteiger partial charge in [0, 0.05) is 38.9 Å². The molecule has 116 valence electrons. The van der Waals surface area contributed by atoms with Crippen LogP contribution >= 0.6 is 0 Å². The van der Waals surface area contributed by atoms with Crippen molar-refractivity contribution in [3.63, 3.8) is 0 Å². The number of aromatic nitrogens is 2. The first-order valence-corrected chi connectivity index (χ1v) is 7.03. The smallest absolute Gasteiger partial charge is 0.339 e. The first kappa shape index (κ1) is 15.7. The van der Waals surface area contributed by atoms with Crippen LogP contribution in [0.4, 0.5) is 5.95 Å². The van der Waals surface area contributed by atoms with Crippen LogP contribution < -0.4 is 4.90 Å². The van der Waals surface area contributed by atoms with E-state index in [4.69, 9.17) is 5.11 Å². The van der Waals surface area contributed by atoms with E-state index in [1.165, 1.54) is 6.20 Å². The number of aromatic carboxylic acids is 1. The van der Waals surface area contributed by atoms with Gasteiger partial charge in [0.05, 0.1) is 16.9 Å². The zero-order valence-corrected chi connectivity index (χ0v) is 12.7. The molecular weight excluding hydrogens is 272 g/mol. The number of rotatable bonds is 4. The first-order valence-electron chi connectivity index (χ1n) is 7.03. The Morgan fingerprint density at radius 1 is 1.33 bits per heavy atom. The minimum atomic E-state index is -1.01. The van der Waals surface area contributed by atoms with Crippen molar-refractivity contribution in [1.82, 2.24) is 14.9 Å². The van der Waals surface area contributed by atoms with E-state index < -0.39 is 11.6 Å². The molecule has 0 radical (unpaired) electrons. The molecule has 2 rings (SSSR count). The summed E-state index contributed by atoms with van der Waals surface area (Å²) < 4.78 is 0.